The van der Waals surface area contributed by atoms with E-state index < -0.39 is 18.3 Å². The van der Waals surface area contributed by atoms with Gasteiger partial charge in [-0.3, -0.25) is 9.48 Å². The largest absolute Gasteiger partial charge is 0.481 e. The number of aliphatic carboxylic acids is 1. The van der Waals surface area contributed by atoms with Crippen LogP contribution in [0.5, 0.6) is 0 Å². The van der Waals surface area contributed by atoms with Gasteiger partial charge in [-0.15, -0.1) is 0 Å². The van der Waals surface area contributed by atoms with Crippen molar-refractivity contribution in [3.05, 3.63) is 17.5 Å². The zero-order valence-corrected chi connectivity index (χ0v) is 9.23. The van der Waals surface area contributed by atoms with Crippen molar-refractivity contribution in [3.63, 3.8) is 0 Å². The Morgan fingerprint density at radius 3 is 2.88 bits per heavy atom. The minimum atomic E-state index is -2.60. The minimum Gasteiger partial charge on any atom is -0.481 e. The Hall–Kier alpha value is -1.50. The number of alkyl halides is 2. The van der Waals surface area contributed by atoms with Crippen molar-refractivity contribution in [2.24, 2.45) is 13.0 Å². The molecule has 2 unspecified atom stereocenters. The zero-order valence-electron chi connectivity index (χ0n) is 9.23. The molecule has 17 heavy (non-hydrogen) atoms. The number of aryl methyl sites for hydroxylation is 1. The Balaban J connectivity index is 2.28. The van der Waals surface area contributed by atoms with Crippen LogP contribution in [-0.2, 0) is 11.8 Å². The van der Waals surface area contributed by atoms with Crippen LogP contribution in [0.1, 0.15) is 23.7 Å². The molecule has 94 valence electrons. The van der Waals surface area contributed by atoms with Gasteiger partial charge in [-0.05, 0) is 6.07 Å². The van der Waals surface area contributed by atoms with E-state index >= 15 is 0 Å². The highest BCUT2D eigenvalue weighted by Crippen LogP contribution is 2.30. The molecular formula is C10H13F2N3O2. The first kappa shape index (κ1) is 12.0. The van der Waals surface area contributed by atoms with E-state index in [1.54, 1.807) is 0 Å². The van der Waals surface area contributed by atoms with Gasteiger partial charge in [0.25, 0.3) is 6.43 Å². The molecule has 7 heteroatoms. The Morgan fingerprint density at radius 1 is 1.65 bits per heavy atom. The summed E-state index contributed by atoms with van der Waals surface area (Å²) in [6.07, 6.45) is -2.60. The molecule has 1 aliphatic rings. The molecule has 0 aliphatic carbocycles. The number of carboxylic acids is 1. The number of nitrogens with zero attached hydrogens (tertiary/aromatic N) is 2. The number of carboxylic acid groups (broad SMARTS) is 1. The van der Waals surface area contributed by atoms with E-state index in [4.69, 9.17) is 5.11 Å². The second-order valence-electron chi connectivity index (χ2n) is 4.13. The second kappa shape index (κ2) is 4.40. The van der Waals surface area contributed by atoms with Crippen molar-refractivity contribution in [1.82, 2.24) is 15.1 Å². The van der Waals surface area contributed by atoms with Crippen molar-refractivity contribution in [2.75, 3.05) is 13.1 Å². The van der Waals surface area contributed by atoms with Gasteiger partial charge in [0.2, 0.25) is 0 Å². The second-order valence-corrected chi connectivity index (χ2v) is 4.13. The lowest BCUT2D eigenvalue weighted by atomic mass is 9.93. The highest BCUT2D eigenvalue weighted by molar-refractivity contribution is 5.72. The third kappa shape index (κ3) is 2.14. The summed E-state index contributed by atoms with van der Waals surface area (Å²) in [4.78, 5) is 11.0. The van der Waals surface area contributed by atoms with Gasteiger partial charge >= 0.3 is 5.97 Å². The molecule has 5 nitrogen and oxygen atoms in total. The molecule has 0 saturated carbocycles. The molecular weight excluding hydrogens is 232 g/mol. The molecule has 1 fully saturated rings. The van der Waals surface area contributed by atoms with Gasteiger partial charge in [0.15, 0.2) is 0 Å². The first-order valence-corrected chi connectivity index (χ1v) is 5.26. The lowest BCUT2D eigenvalue weighted by Gasteiger charge is -2.11. The monoisotopic (exact) mass is 245 g/mol. The Morgan fingerprint density at radius 2 is 2.35 bits per heavy atom. The van der Waals surface area contributed by atoms with Crippen LogP contribution in [-0.4, -0.2) is 33.9 Å². The summed E-state index contributed by atoms with van der Waals surface area (Å²) in [5.41, 5.74) is 0.233. The van der Waals surface area contributed by atoms with Crippen LogP contribution in [0.2, 0.25) is 0 Å². The summed E-state index contributed by atoms with van der Waals surface area (Å²) in [5.74, 6) is -1.87. The maximum atomic E-state index is 12.6. The Labute approximate surface area is 96.4 Å². The lowest BCUT2D eigenvalue weighted by Crippen LogP contribution is -2.21. The summed E-state index contributed by atoms with van der Waals surface area (Å²) in [7, 11) is 1.43. The molecule has 2 atom stereocenters. The van der Waals surface area contributed by atoms with Gasteiger partial charge in [-0.2, -0.15) is 5.10 Å². The number of rotatable bonds is 3. The van der Waals surface area contributed by atoms with E-state index in [1.807, 2.05) is 0 Å². The highest BCUT2D eigenvalue weighted by Gasteiger charge is 2.36. The van der Waals surface area contributed by atoms with E-state index in [0.29, 0.717) is 18.8 Å². The fourth-order valence-corrected chi connectivity index (χ4v) is 2.14. The van der Waals surface area contributed by atoms with Crippen LogP contribution in [0.4, 0.5) is 8.78 Å². The van der Waals surface area contributed by atoms with Crippen molar-refractivity contribution >= 4 is 5.97 Å². The molecule has 0 aromatic carbocycles. The Kier molecular flexibility index (Phi) is 3.10. The molecule has 2 heterocycles. The number of hydrogen-bond donors (Lipinski definition) is 2. The van der Waals surface area contributed by atoms with Crippen LogP contribution < -0.4 is 5.32 Å². The van der Waals surface area contributed by atoms with E-state index in [9.17, 15) is 13.6 Å². The summed E-state index contributed by atoms with van der Waals surface area (Å²) < 4.78 is 26.3. The van der Waals surface area contributed by atoms with Gasteiger partial charge in [0.05, 0.1) is 11.6 Å². The van der Waals surface area contributed by atoms with Crippen molar-refractivity contribution < 1.29 is 18.7 Å². The van der Waals surface area contributed by atoms with E-state index in [2.05, 4.69) is 10.4 Å². The van der Waals surface area contributed by atoms with E-state index in [-0.39, 0.29) is 11.6 Å². The first-order valence-electron chi connectivity index (χ1n) is 5.26. The molecule has 1 aromatic heterocycles. The molecule has 2 N–H and O–H groups in total. The molecule has 1 aliphatic heterocycles. The topological polar surface area (TPSA) is 67.2 Å². The smallest absolute Gasteiger partial charge is 0.308 e. The molecule has 0 bridgehead atoms. The van der Waals surface area contributed by atoms with Crippen LogP contribution in [0.3, 0.4) is 0 Å². The van der Waals surface area contributed by atoms with Gasteiger partial charge in [0.1, 0.15) is 5.69 Å². The number of aromatic nitrogens is 2. The normalized spacial score (nSPS) is 24.5. The number of hydrogen-bond acceptors (Lipinski definition) is 3. The number of halogens is 2. The standard InChI is InChI=1S/C10H13F2N3O2/c1-15-8(9(11)12)2-7(14-15)5-3-13-4-6(5)10(16)17/h2,5-6,9,13H,3-4H2,1H3,(H,16,17). The predicted molar refractivity (Wildman–Crippen MR) is 54.9 cm³/mol. The molecule has 2 rings (SSSR count). The average molecular weight is 245 g/mol. The number of carbonyl (C=O) groups is 1. The van der Waals surface area contributed by atoms with E-state index in [0.717, 1.165) is 4.68 Å². The summed E-state index contributed by atoms with van der Waals surface area (Å²) >= 11 is 0. The van der Waals surface area contributed by atoms with Crippen molar-refractivity contribution in [2.45, 2.75) is 12.3 Å². The van der Waals surface area contributed by atoms with Crippen LogP contribution in [0, 0.1) is 5.92 Å². The minimum absolute atomic E-state index is 0.184. The molecule has 0 radical (unpaired) electrons. The van der Waals surface area contributed by atoms with Crippen LogP contribution in [0.15, 0.2) is 6.07 Å². The maximum absolute atomic E-state index is 12.6. The average Bonchev–Trinajstić information content (AvgIpc) is 2.82. The van der Waals surface area contributed by atoms with Gasteiger partial charge in [-0.1, -0.05) is 0 Å². The molecule has 1 aromatic rings. The van der Waals surface area contributed by atoms with Crippen LogP contribution >= 0.6 is 0 Å². The lowest BCUT2D eigenvalue weighted by molar-refractivity contribution is -0.141. The fraction of sp³-hybridized carbons (Fsp3) is 0.600. The summed E-state index contributed by atoms with van der Waals surface area (Å²) in [5, 5.41) is 15.9. The molecule has 0 amide bonds. The van der Waals surface area contributed by atoms with Gasteiger partial charge in [-0.25, -0.2) is 8.78 Å². The first-order chi connectivity index (χ1) is 8.00. The van der Waals surface area contributed by atoms with Gasteiger partial charge < -0.3 is 10.4 Å². The van der Waals surface area contributed by atoms with Crippen LogP contribution in [0.25, 0.3) is 0 Å². The summed E-state index contributed by atoms with van der Waals surface area (Å²) in [6, 6.07) is 1.29. The van der Waals surface area contributed by atoms with Crippen molar-refractivity contribution in [1.29, 1.82) is 0 Å². The highest BCUT2D eigenvalue weighted by atomic mass is 19.3. The SMILES string of the molecule is Cn1nc(C2CNCC2C(=O)O)cc1C(F)F. The quantitative estimate of drug-likeness (QED) is 0.824. The van der Waals surface area contributed by atoms with Crippen molar-refractivity contribution in [3.8, 4) is 0 Å². The summed E-state index contributed by atoms with van der Waals surface area (Å²) in [6.45, 7) is 0.803. The third-order valence-corrected chi connectivity index (χ3v) is 3.07. The Bertz CT molecular complexity index is 433. The molecule has 0 spiro atoms. The van der Waals surface area contributed by atoms with E-state index in [1.165, 1.54) is 13.1 Å². The fourth-order valence-electron chi connectivity index (χ4n) is 2.14. The zero-order chi connectivity index (χ0) is 12.6. The predicted octanol–water partition coefficient (Wildman–Crippen LogP) is 0.745. The number of nitrogens with one attached hydrogen (secondary N) is 1. The maximum Gasteiger partial charge on any atom is 0.308 e. The van der Waals surface area contributed by atoms with Gasteiger partial charge in [0, 0.05) is 26.1 Å². The molecule has 1 saturated heterocycles. The third-order valence-electron chi connectivity index (χ3n) is 3.07.